The van der Waals surface area contributed by atoms with Crippen LogP contribution in [0.3, 0.4) is 0 Å². The predicted molar refractivity (Wildman–Crippen MR) is 114 cm³/mol. The van der Waals surface area contributed by atoms with Gasteiger partial charge in [-0.1, -0.05) is 12.1 Å². The van der Waals surface area contributed by atoms with Crippen molar-refractivity contribution in [3.05, 3.63) is 35.4 Å². The van der Waals surface area contributed by atoms with E-state index in [2.05, 4.69) is 32.1 Å². The first-order chi connectivity index (χ1) is 12.3. The average molecular weight is 415 g/mol. The second-order valence-corrected chi connectivity index (χ2v) is 7.66. The fraction of sp³-hybridized carbons (Fsp3) is 0.650. The normalized spacial score (nSPS) is 23.7. The number of benzene rings is 1. The van der Waals surface area contributed by atoms with Gasteiger partial charge in [-0.25, -0.2) is 0 Å². The van der Waals surface area contributed by atoms with Crippen LogP contribution in [0.2, 0.25) is 0 Å². The highest BCUT2D eigenvalue weighted by atomic mass is 35.5. The third-order valence-corrected chi connectivity index (χ3v) is 5.90. The number of rotatable bonds is 4. The molecule has 1 atom stereocenters. The van der Waals surface area contributed by atoms with Gasteiger partial charge >= 0.3 is 0 Å². The van der Waals surface area contributed by atoms with Crippen LogP contribution in [0.5, 0.6) is 0 Å². The van der Waals surface area contributed by atoms with Crippen LogP contribution in [-0.4, -0.2) is 79.0 Å². The third-order valence-electron chi connectivity index (χ3n) is 5.90. The zero-order valence-corrected chi connectivity index (χ0v) is 17.6. The molecule has 1 amide bonds. The molecule has 152 valence electrons. The molecule has 0 radical (unpaired) electrons. The summed E-state index contributed by atoms with van der Waals surface area (Å²) in [4.78, 5) is 20.0. The van der Waals surface area contributed by atoms with Gasteiger partial charge in [-0.15, -0.1) is 24.8 Å². The molecule has 1 unspecified atom stereocenters. The number of carbonyl (C=O) groups is 1. The van der Waals surface area contributed by atoms with E-state index in [-0.39, 0.29) is 30.7 Å². The smallest absolute Gasteiger partial charge is 0.253 e. The van der Waals surface area contributed by atoms with Gasteiger partial charge in [-0.2, -0.15) is 0 Å². The summed E-state index contributed by atoms with van der Waals surface area (Å²) in [6, 6.07) is 8.83. The average Bonchev–Trinajstić information content (AvgIpc) is 3.34. The summed E-state index contributed by atoms with van der Waals surface area (Å²) >= 11 is 0. The Balaban J connectivity index is 0.00000131. The molecule has 0 aliphatic carbocycles. The van der Waals surface area contributed by atoms with E-state index in [1.54, 1.807) is 0 Å². The molecular formula is C20H32Cl2N4O. The van der Waals surface area contributed by atoms with Crippen molar-refractivity contribution in [1.82, 2.24) is 20.0 Å². The number of amides is 1. The monoisotopic (exact) mass is 414 g/mol. The molecule has 27 heavy (non-hydrogen) atoms. The number of nitrogens with one attached hydrogen (secondary N) is 1. The number of likely N-dealkylation sites (tertiary alicyclic amines) is 2. The van der Waals surface area contributed by atoms with Gasteiger partial charge in [0.25, 0.3) is 5.91 Å². The molecule has 3 aliphatic rings. The van der Waals surface area contributed by atoms with Crippen LogP contribution in [0.1, 0.15) is 35.2 Å². The molecule has 0 bridgehead atoms. The summed E-state index contributed by atoms with van der Waals surface area (Å²) in [6.07, 6.45) is 3.72. The summed E-state index contributed by atoms with van der Waals surface area (Å²) in [5.74, 6) is 0.209. The Bertz CT molecular complexity index is 603. The van der Waals surface area contributed by atoms with E-state index in [1.807, 2.05) is 12.1 Å². The van der Waals surface area contributed by atoms with Gasteiger partial charge in [0.2, 0.25) is 0 Å². The van der Waals surface area contributed by atoms with Gasteiger partial charge in [0.1, 0.15) is 0 Å². The van der Waals surface area contributed by atoms with Crippen molar-refractivity contribution >= 4 is 30.7 Å². The van der Waals surface area contributed by atoms with E-state index in [4.69, 9.17) is 0 Å². The third kappa shape index (κ3) is 5.58. The summed E-state index contributed by atoms with van der Waals surface area (Å²) in [6.45, 7) is 9.50. The number of hydrogen-bond donors (Lipinski definition) is 1. The number of nitrogens with zero attached hydrogens (tertiary/aromatic N) is 3. The number of halogens is 2. The van der Waals surface area contributed by atoms with Gasteiger partial charge < -0.3 is 10.2 Å². The van der Waals surface area contributed by atoms with Crippen LogP contribution in [0, 0.1) is 0 Å². The topological polar surface area (TPSA) is 38.8 Å². The zero-order chi connectivity index (χ0) is 17.1. The van der Waals surface area contributed by atoms with Crippen molar-refractivity contribution in [2.24, 2.45) is 0 Å². The van der Waals surface area contributed by atoms with Crippen molar-refractivity contribution in [3.8, 4) is 0 Å². The Morgan fingerprint density at radius 3 is 2.52 bits per heavy atom. The van der Waals surface area contributed by atoms with E-state index >= 15 is 0 Å². The van der Waals surface area contributed by atoms with E-state index in [9.17, 15) is 4.79 Å². The molecule has 3 aliphatic heterocycles. The molecule has 7 heteroatoms. The van der Waals surface area contributed by atoms with Crippen molar-refractivity contribution in [3.63, 3.8) is 0 Å². The highest BCUT2D eigenvalue weighted by Gasteiger charge is 2.31. The first-order valence-electron chi connectivity index (χ1n) is 9.85. The summed E-state index contributed by atoms with van der Waals surface area (Å²) in [5, 5.41) is 3.41. The summed E-state index contributed by atoms with van der Waals surface area (Å²) in [7, 11) is 0. The quantitative estimate of drug-likeness (QED) is 0.819. The van der Waals surface area contributed by atoms with E-state index in [1.165, 1.54) is 31.5 Å². The van der Waals surface area contributed by atoms with Crippen molar-refractivity contribution < 1.29 is 4.79 Å². The highest BCUT2D eigenvalue weighted by Crippen LogP contribution is 2.20. The number of hydrogen-bond acceptors (Lipinski definition) is 4. The molecular weight excluding hydrogens is 383 g/mol. The van der Waals surface area contributed by atoms with Gasteiger partial charge in [-0.05, 0) is 50.0 Å². The van der Waals surface area contributed by atoms with Crippen LogP contribution in [0.15, 0.2) is 24.3 Å². The maximum atomic E-state index is 12.9. The van der Waals surface area contributed by atoms with Crippen molar-refractivity contribution in [2.75, 3.05) is 52.4 Å². The van der Waals surface area contributed by atoms with Crippen molar-refractivity contribution in [2.45, 2.75) is 31.8 Å². The molecule has 1 aromatic rings. The Kier molecular flexibility index (Phi) is 8.83. The van der Waals surface area contributed by atoms with Gasteiger partial charge in [0, 0.05) is 57.4 Å². The SMILES string of the molecule is Cl.Cl.O=C(c1cccc(CN2CCCC2)c1)N1CCC(N2CCNCC2)C1. The lowest BCUT2D eigenvalue weighted by Crippen LogP contribution is -2.49. The second-order valence-electron chi connectivity index (χ2n) is 7.66. The summed E-state index contributed by atoms with van der Waals surface area (Å²) in [5.41, 5.74) is 2.13. The lowest BCUT2D eigenvalue weighted by Gasteiger charge is -2.32. The van der Waals surface area contributed by atoms with E-state index < -0.39 is 0 Å². The van der Waals surface area contributed by atoms with Crippen LogP contribution >= 0.6 is 24.8 Å². The van der Waals surface area contributed by atoms with Gasteiger partial charge in [-0.3, -0.25) is 14.6 Å². The number of piperazine rings is 1. The fourth-order valence-corrected chi connectivity index (χ4v) is 4.46. The van der Waals surface area contributed by atoms with Crippen LogP contribution in [0.4, 0.5) is 0 Å². The fourth-order valence-electron chi connectivity index (χ4n) is 4.46. The lowest BCUT2D eigenvalue weighted by molar-refractivity contribution is 0.0773. The Morgan fingerprint density at radius 2 is 1.78 bits per heavy atom. The predicted octanol–water partition coefficient (Wildman–Crippen LogP) is 2.25. The second kappa shape index (κ2) is 10.6. The molecule has 0 aromatic heterocycles. The van der Waals surface area contributed by atoms with Crippen LogP contribution < -0.4 is 5.32 Å². The minimum Gasteiger partial charge on any atom is -0.337 e. The highest BCUT2D eigenvalue weighted by molar-refractivity contribution is 5.94. The molecule has 3 fully saturated rings. The van der Waals surface area contributed by atoms with Gasteiger partial charge in [0.15, 0.2) is 0 Å². The Morgan fingerprint density at radius 1 is 1.04 bits per heavy atom. The molecule has 3 saturated heterocycles. The minimum absolute atomic E-state index is 0. The molecule has 1 N–H and O–H groups in total. The maximum Gasteiger partial charge on any atom is 0.253 e. The Labute approximate surface area is 175 Å². The first-order valence-corrected chi connectivity index (χ1v) is 9.85. The molecule has 4 rings (SSSR count). The van der Waals surface area contributed by atoms with Crippen LogP contribution in [0.25, 0.3) is 0 Å². The molecule has 5 nitrogen and oxygen atoms in total. The molecule has 3 heterocycles. The Hall–Kier alpha value is -0.850. The zero-order valence-electron chi connectivity index (χ0n) is 15.9. The summed E-state index contributed by atoms with van der Waals surface area (Å²) < 4.78 is 0. The van der Waals surface area contributed by atoms with Crippen molar-refractivity contribution in [1.29, 1.82) is 0 Å². The lowest BCUT2D eigenvalue weighted by atomic mass is 10.1. The van der Waals surface area contributed by atoms with E-state index in [0.29, 0.717) is 6.04 Å². The largest absolute Gasteiger partial charge is 0.337 e. The molecule has 0 saturated carbocycles. The first kappa shape index (κ1) is 22.4. The molecule has 1 aromatic carbocycles. The molecule has 0 spiro atoms. The standard InChI is InChI=1S/C20H30N4O.2ClH/c25-20(24-11-6-19(16-24)23-12-7-21-8-13-23)18-5-3-4-17(14-18)15-22-9-1-2-10-22;;/h3-5,14,19,21H,1-2,6-13,15-16H2;2*1H. The maximum absolute atomic E-state index is 12.9. The minimum atomic E-state index is 0. The van der Waals surface area contributed by atoms with Gasteiger partial charge in [0.05, 0.1) is 0 Å². The number of carbonyl (C=O) groups excluding carboxylic acids is 1. The van der Waals surface area contributed by atoms with E-state index in [0.717, 1.165) is 57.8 Å². The van der Waals surface area contributed by atoms with Crippen LogP contribution in [-0.2, 0) is 6.54 Å².